The molecule has 1 fully saturated rings. The second-order valence-corrected chi connectivity index (χ2v) is 7.20. The van der Waals surface area contributed by atoms with Crippen molar-refractivity contribution in [3.05, 3.63) is 0 Å². The van der Waals surface area contributed by atoms with Gasteiger partial charge in [-0.1, -0.05) is 0 Å². The van der Waals surface area contributed by atoms with E-state index in [-0.39, 0.29) is 6.54 Å². The van der Waals surface area contributed by atoms with Crippen LogP contribution in [0.15, 0.2) is 0 Å². The molecule has 0 spiro atoms. The first kappa shape index (κ1) is 19.5. The van der Waals surface area contributed by atoms with Crippen LogP contribution in [0.3, 0.4) is 0 Å². The molecule has 1 rings (SSSR count). The van der Waals surface area contributed by atoms with Crippen LogP contribution in [0, 0.1) is 0 Å². The van der Waals surface area contributed by atoms with Crippen LogP contribution in [-0.4, -0.2) is 52.8 Å². The molecule has 1 heterocycles. The number of hydrazine groups is 1. The van der Waals surface area contributed by atoms with Crippen LogP contribution in [0.25, 0.3) is 0 Å². The molecule has 0 aromatic heterocycles. The van der Waals surface area contributed by atoms with Gasteiger partial charge in [0.2, 0.25) is 0 Å². The van der Waals surface area contributed by atoms with E-state index in [0.717, 1.165) is 4.90 Å². The molecule has 0 radical (unpaired) electrons. The summed E-state index contributed by atoms with van der Waals surface area (Å²) in [4.78, 5) is 47.4. The molecule has 3 N–H and O–H groups in total. The van der Waals surface area contributed by atoms with Gasteiger partial charge in [-0.05, 0) is 41.5 Å². The average molecular weight is 344 g/mol. The number of hydrogen-bond donors (Lipinski definition) is 3. The zero-order valence-electron chi connectivity index (χ0n) is 14.7. The van der Waals surface area contributed by atoms with E-state index >= 15 is 0 Å². The second-order valence-electron chi connectivity index (χ2n) is 7.20. The number of nitrogens with zero attached hydrogens (tertiary/aromatic N) is 1. The van der Waals surface area contributed by atoms with Gasteiger partial charge in [0.05, 0.1) is 6.54 Å². The van der Waals surface area contributed by atoms with E-state index in [9.17, 15) is 19.2 Å². The zero-order valence-corrected chi connectivity index (χ0v) is 14.7. The van der Waals surface area contributed by atoms with Gasteiger partial charge < -0.3 is 14.8 Å². The molecule has 136 valence electrons. The molecule has 10 nitrogen and oxygen atoms in total. The topological polar surface area (TPSA) is 126 Å². The maximum Gasteiger partial charge on any atom is 0.426 e. The van der Waals surface area contributed by atoms with E-state index in [1.54, 1.807) is 41.5 Å². The minimum atomic E-state index is -0.854. The highest BCUT2D eigenvalue weighted by atomic mass is 16.6. The Morgan fingerprint density at radius 2 is 1.46 bits per heavy atom. The molecule has 1 aliphatic heterocycles. The van der Waals surface area contributed by atoms with Crippen molar-refractivity contribution >= 4 is 24.1 Å². The molecule has 5 amide bonds. The minimum Gasteiger partial charge on any atom is -0.444 e. The molecule has 10 heteroatoms. The summed E-state index contributed by atoms with van der Waals surface area (Å²) in [6.07, 6.45) is -1.60. The van der Waals surface area contributed by atoms with Gasteiger partial charge in [-0.3, -0.25) is 9.69 Å². The van der Waals surface area contributed by atoms with Crippen LogP contribution in [0.1, 0.15) is 41.5 Å². The Morgan fingerprint density at radius 1 is 0.958 bits per heavy atom. The van der Waals surface area contributed by atoms with Crippen LogP contribution in [-0.2, 0) is 14.3 Å². The largest absolute Gasteiger partial charge is 0.444 e. The van der Waals surface area contributed by atoms with Crippen molar-refractivity contribution in [3.8, 4) is 0 Å². The van der Waals surface area contributed by atoms with Crippen molar-refractivity contribution < 1.29 is 28.7 Å². The highest BCUT2D eigenvalue weighted by Crippen LogP contribution is 2.12. The van der Waals surface area contributed by atoms with Crippen molar-refractivity contribution in [1.29, 1.82) is 0 Å². The van der Waals surface area contributed by atoms with Gasteiger partial charge in [0.25, 0.3) is 5.91 Å². The van der Waals surface area contributed by atoms with Crippen LogP contribution in [0.2, 0.25) is 0 Å². The summed E-state index contributed by atoms with van der Waals surface area (Å²) in [5, 5.41) is 2.36. The number of β-lactam (4-membered cyclic amide) rings is 1. The number of alkyl carbamates (subject to hydrolysis) is 1. The summed E-state index contributed by atoms with van der Waals surface area (Å²) in [7, 11) is 0. The third kappa shape index (κ3) is 6.31. The first-order valence-corrected chi connectivity index (χ1v) is 7.38. The lowest BCUT2D eigenvalue weighted by molar-refractivity contribution is -0.139. The predicted octanol–water partition coefficient (Wildman–Crippen LogP) is 0.871. The number of hydrogen-bond acceptors (Lipinski definition) is 6. The minimum absolute atomic E-state index is 0.0279. The lowest BCUT2D eigenvalue weighted by Gasteiger charge is -2.36. The molecule has 0 saturated carbocycles. The first-order valence-electron chi connectivity index (χ1n) is 7.38. The third-order valence-electron chi connectivity index (χ3n) is 2.54. The molecular formula is C14H24N4O6. The van der Waals surface area contributed by atoms with Crippen LogP contribution >= 0.6 is 0 Å². The van der Waals surface area contributed by atoms with Crippen molar-refractivity contribution in [2.24, 2.45) is 0 Å². The Labute approximate surface area is 140 Å². The number of nitrogens with one attached hydrogen (secondary N) is 3. The SMILES string of the molecule is CC(C)(C)OC(=O)NNC(=O)N1C[C@H](NC(=O)OC(C)(C)C)C1=O. The second kappa shape index (κ2) is 6.93. The van der Waals surface area contributed by atoms with E-state index in [1.807, 2.05) is 10.9 Å². The number of amides is 5. The van der Waals surface area contributed by atoms with E-state index < -0.39 is 41.4 Å². The molecule has 0 unspecified atom stereocenters. The van der Waals surface area contributed by atoms with Crippen LogP contribution in [0.5, 0.6) is 0 Å². The Kier molecular flexibility index (Phi) is 5.64. The number of imide groups is 1. The summed E-state index contributed by atoms with van der Waals surface area (Å²) in [6.45, 7) is 10.0. The van der Waals surface area contributed by atoms with E-state index in [4.69, 9.17) is 9.47 Å². The summed E-state index contributed by atoms with van der Waals surface area (Å²) < 4.78 is 9.94. The quantitative estimate of drug-likeness (QED) is 0.479. The maximum absolute atomic E-state index is 11.8. The molecule has 1 saturated heterocycles. The van der Waals surface area contributed by atoms with Gasteiger partial charge >= 0.3 is 18.2 Å². The molecule has 0 aliphatic carbocycles. The highest BCUT2D eigenvalue weighted by Gasteiger charge is 2.42. The highest BCUT2D eigenvalue weighted by molar-refractivity contribution is 6.03. The van der Waals surface area contributed by atoms with Crippen molar-refractivity contribution in [2.75, 3.05) is 6.54 Å². The summed E-state index contributed by atoms with van der Waals surface area (Å²) >= 11 is 0. The number of rotatable bonds is 1. The average Bonchev–Trinajstić information content (AvgIpc) is 2.36. The summed E-state index contributed by atoms with van der Waals surface area (Å²) in [5.74, 6) is -0.607. The predicted molar refractivity (Wildman–Crippen MR) is 82.8 cm³/mol. The zero-order chi connectivity index (χ0) is 18.7. The van der Waals surface area contributed by atoms with E-state index in [2.05, 4.69) is 5.32 Å². The lowest BCUT2D eigenvalue weighted by atomic mass is 10.1. The molecule has 0 aromatic rings. The van der Waals surface area contributed by atoms with Crippen molar-refractivity contribution in [2.45, 2.75) is 58.8 Å². The summed E-state index contributed by atoms with van der Waals surface area (Å²) in [5.41, 5.74) is 2.67. The molecule has 0 aromatic carbocycles. The van der Waals surface area contributed by atoms with Gasteiger partial charge in [0.1, 0.15) is 17.2 Å². The van der Waals surface area contributed by atoms with Crippen molar-refractivity contribution in [3.63, 3.8) is 0 Å². The normalized spacial score (nSPS) is 17.5. The Hall–Kier alpha value is -2.52. The number of carbonyl (C=O) groups excluding carboxylic acids is 4. The fourth-order valence-electron chi connectivity index (χ4n) is 1.64. The summed E-state index contributed by atoms with van der Waals surface area (Å²) in [6, 6.07) is -1.67. The van der Waals surface area contributed by atoms with Gasteiger partial charge in [-0.15, -0.1) is 0 Å². The number of ether oxygens (including phenoxy) is 2. The molecule has 1 atom stereocenters. The van der Waals surface area contributed by atoms with Crippen LogP contribution in [0.4, 0.5) is 14.4 Å². The third-order valence-corrected chi connectivity index (χ3v) is 2.54. The van der Waals surface area contributed by atoms with E-state index in [1.165, 1.54) is 0 Å². The van der Waals surface area contributed by atoms with Gasteiger partial charge in [0.15, 0.2) is 0 Å². The fraction of sp³-hybridized carbons (Fsp3) is 0.714. The smallest absolute Gasteiger partial charge is 0.426 e. The van der Waals surface area contributed by atoms with Gasteiger partial charge in [-0.2, -0.15) is 0 Å². The first-order chi connectivity index (χ1) is 10.8. The molecule has 0 bridgehead atoms. The fourth-order valence-corrected chi connectivity index (χ4v) is 1.64. The Morgan fingerprint density at radius 3 is 1.92 bits per heavy atom. The van der Waals surface area contributed by atoms with Crippen LogP contribution < -0.4 is 16.2 Å². The Balaban J connectivity index is 2.36. The standard InChI is InChI=1S/C14H24N4O6/c1-13(2,3)23-11(21)15-8-7-18(9(8)19)10(20)16-17-12(22)24-14(4,5)6/h8H,7H2,1-6H3,(H,15,21)(H,16,20)(H,17,22)/t8-/m0/s1. The molecule has 1 aliphatic rings. The van der Waals surface area contributed by atoms with Crippen molar-refractivity contribution in [1.82, 2.24) is 21.1 Å². The number of carbonyl (C=O) groups is 4. The van der Waals surface area contributed by atoms with E-state index in [0.29, 0.717) is 0 Å². The number of likely N-dealkylation sites (tertiary alicyclic amines) is 1. The Bertz CT molecular complexity index is 526. The van der Waals surface area contributed by atoms with Gasteiger partial charge in [-0.25, -0.2) is 25.2 Å². The number of urea groups is 1. The maximum atomic E-state index is 11.8. The monoisotopic (exact) mass is 344 g/mol. The molecule has 24 heavy (non-hydrogen) atoms. The molecular weight excluding hydrogens is 320 g/mol. The lowest BCUT2D eigenvalue weighted by Crippen LogP contribution is -2.68. The van der Waals surface area contributed by atoms with Gasteiger partial charge in [0, 0.05) is 0 Å².